The van der Waals surface area contributed by atoms with Crippen LogP contribution in [-0.2, 0) is 9.59 Å². The first-order chi connectivity index (χ1) is 10.6. The molecule has 1 saturated heterocycles. The van der Waals surface area contributed by atoms with Crippen molar-refractivity contribution in [3.8, 4) is 0 Å². The number of nitrogens with one attached hydrogen (secondary N) is 1. The smallest absolute Gasteiger partial charge is 0.225 e. The number of carbonyl (C=O) groups is 2. The van der Waals surface area contributed by atoms with Gasteiger partial charge in [0.05, 0.1) is 5.92 Å². The summed E-state index contributed by atoms with van der Waals surface area (Å²) in [5.74, 6) is 1.99. The Kier molecular flexibility index (Phi) is 4.74. The summed E-state index contributed by atoms with van der Waals surface area (Å²) < 4.78 is 0. The molecule has 124 valence electrons. The zero-order valence-electron chi connectivity index (χ0n) is 14.0. The van der Waals surface area contributed by atoms with Gasteiger partial charge in [0, 0.05) is 25.0 Å². The molecule has 2 saturated carbocycles. The maximum Gasteiger partial charge on any atom is 0.225 e. The summed E-state index contributed by atoms with van der Waals surface area (Å²) in [6.07, 6.45) is 7.58. The summed E-state index contributed by atoms with van der Waals surface area (Å²) in [6.45, 7) is 6.03. The van der Waals surface area contributed by atoms with Crippen LogP contribution in [0.2, 0.25) is 0 Å². The van der Waals surface area contributed by atoms with Crippen LogP contribution in [0.25, 0.3) is 0 Å². The standard InChI is InChI=1S/C18H30N2O2/c1-12-5-3-7-16(13(12)2)19-17(21)15-6-4-10-20(11-15)18(22)14-8-9-14/h12-16H,3-11H2,1-2H3,(H,19,21)/t12-,13+,15+,16+/m1/s1. The fraction of sp³-hybridized carbons (Fsp3) is 0.889. The minimum absolute atomic E-state index is 0.000817. The molecule has 1 heterocycles. The molecule has 2 amide bonds. The predicted octanol–water partition coefficient (Wildman–Crippen LogP) is 2.58. The van der Waals surface area contributed by atoms with Gasteiger partial charge in [0.1, 0.15) is 0 Å². The van der Waals surface area contributed by atoms with Crippen molar-refractivity contribution < 1.29 is 9.59 Å². The Morgan fingerprint density at radius 1 is 0.955 bits per heavy atom. The van der Waals surface area contributed by atoms with Crippen LogP contribution in [0.1, 0.15) is 58.8 Å². The van der Waals surface area contributed by atoms with Gasteiger partial charge in [-0.2, -0.15) is 0 Å². The molecule has 0 aromatic carbocycles. The van der Waals surface area contributed by atoms with Gasteiger partial charge in [-0.05, 0) is 43.9 Å². The van der Waals surface area contributed by atoms with Crippen LogP contribution in [-0.4, -0.2) is 35.8 Å². The zero-order valence-corrected chi connectivity index (χ0v) is 14.0. The average molecular weight is 306 g/mol. The molecule has 4 nitrogen and oxygen atoms in total. The fourth-order valence-electron chi connectivity index (χ4n) is 4.07. The summed E-state index contributed by atoms with van der Waals surface area (Å²) >= 11 is 0. The van der Waals surface area contributed by atoms with Gasteiger partial charge in [-0.1, -0.05) is 26.7 Å². The van der Waals surface area contributed by atoms with Crippen LogP contribution in [0.5, 0.6) is 0 Å². The van der Waals surface area contributed by atoms with Gasteiger partial charge in [-0.3, -0.25) is 9.59 Å². The van der Waals surface area contributed by atoms with E-state index in [1.807, 2.05) is 4.90 Å². The number of piperidine rings is 1. The van der Waals surface area contributed by atoms with E-state index in [-0.39, 0.29) is 23.7 Å². The SMILES string of the molecule is C[C@H]1[C@H](C)CCC[C@@H]1NC(=O)[C@H]1CCCN(C(=O)C2CC2)C1. The lowest BCUT2D eigenvalue weighted by molar-refractivity contribution is -0.137. The maximum atomic E-state index is 12.6. The van der Waals surface area contributed by atoms with E-state index < -0.39 is 0 Å². The number of rotatable bonds is 3. The highest BCUT2D eigenvalue weighted by Gasteiger charge is 2.37. The first-order valence-electron chi connectivity index (χ1n) is 9.15. The van der Waals surface area contributed by atoms with Crippen molar-refractivity contribution >= 4 is 11.8 Å². The van der Waals surface area contributed by atoms with Gasteiger partial charge < -0.3 is 10.2 Å². The molecule has 4 atom stereocenters. The largest absolute Gasteiger partial charge is 0.353 e. The number of amides is 2. The highest BCUT2D eigenvalue weighted by atomic mass is 16.2. The summed E-state index contributed by atoms with van der Waals surface area (Å²) in [6, 6.07) is 0.325. The van der Waals surface area contributed by atoms with Gasteiger partial charge in [-0.25, -0.2) is 0 Å². The molecule has 3 aliphatic rings. The van der Waals surface area contributed by atoms with Crippen molar-refractivity contribution in [1.82, 2.24) is 10.2 Å². The topological polar surface area (TPSA) is 49.4 Å². The van der Waals surface area contributed by atoms with Gasteiger partial charge in [0.25, 0.3) is 0 Å². The van der Waals surface area contributed by atoms with E-state index in [1.165, 1.54) is 12.8 Å². The Balaban J connectivity index is 1.53. The molecule has 0 spiro atoms. The Hall–Kier alpha value is -1.06. The van der Waals surface area contributed by atoms with Crippen molar-refractivity contribution in [1.29, 1.82) is 0 Å². The minimum atomic E-state index is 0.000817. The molecule has 3 fully saturated rings. The van der Waals surface area contributed by atoms with Crippen molar-refractivity contribution in [2.45, 2.75) is 64.8 Å². The van der Waals surface area contributed by atoms with E-state index in [9.17, 15) is 9.59 Å². The first kappa shape index (κ1) is 15.8. The third-order valence-corrected chi connectivity index (χ3v) is 6.06. The van der Waals surface area contributed by atoms with Crippen LogP contribution in [0.3, 0.4) is 0 Å². The molecule has 0 aromatic rings. The van der Waals surface area contributed by atoms with Crippen LogP contribution in [0.15, 0.2) is 0 Å². The van der Waals surface area contributed by atoms with Gasteiger partial charge >= 0.3 is 0 Å². The Morgan fingerprint density at radius 3 is 2.45 bits per heavy atom. The van der Waals surface area contributed by atoms with Crippen LogP contribution in [0.4, 0.5) is 0 Å². The second-order valence-electron chi connectivity index (χ2n) is 7.78. The lowest BCUT2D eigenvalue weighted by Crippen LogP contribution is -2.50. The zero-order chi connectivity index (χ0) is 15.7. The number of carbonyl (C=O) groups excluding carboxylic acids is 2. The molecule has 0 bridgehead atoms. The highest BCUT2D eigenvalue weighted by molar-refractivity contribution is 5.83. The Morgan fingerprint density at radius 2 is 1.73 bits per heavy atom. The molecular weight excluding hydrogens is 276 g/mol. The summed E-state index contributed by atoms with van der Waals surface area (Å²) in [5, 5.41) is 3.30. The third kappa shape index (κ3) is 3.47. The van der Waals surface area contributed by atoms with Crippen LogP contribution < -0.4 is 5.32 Å². The lowest BCUT2D eigenvalue weighted by Gasteiger charge is -2.37. The molecule has 1 aliphatic heterocycles. The molecule has 0 unspecified atom stereocenters. The Bertz CT molecular complexity index is 433. The predicted molar refractivity (Wildman–Crippen MR) is 86.1 cm³/mol. The molecule has 4 heteroatoms. The van der Waals surface area contributed by atoms with E-state index in [1.54, 1.807) is 0 Å². The van der Waals surface area contributed by atoms with E-state index in [0.717, 1.165) is 38.6 Å². The first-order valence-corrected chi connectivity index (χ1v) is 9.15. The monoisotopic (exact) mass is 306 g/mol. The van der Waals surface area contributed by atoms with Crippen LogP contribution >= 0.6 is 0 Å². The number of likely N-dealkylation sites (tertiary alicyclic amines) is 1. The second-order valence-corrected chi connectivity index (χ2v) is 7.78. The molecule has 0 aromatic heterocycles. The third-order valence-electron chi connectivity index (χ3n) is 6.06. The van der Waals surface area contributed by atoms with E-state index in [2.05, 4.69) is 19.2 Å². The summed E-state index contributed by atoms with van der Waals surface area (Å²) in [4.78, 5) is 26.8. The molecule has 0 radical (unpaired) electrons. The fourth-order valence-corrected chi connectivity index (χ4v) is 4.07. The van der Waals surface area contributed by atoms with Crippen molar-refractivity contribution in [3.05, 3.63) is 0 Å². The van der Waals surface area contributed by atoms with Crippen molar-refractivity contribution in [2.24, 2.45) is 23.7 Å². The molecule has 22 heavy (non-hydrogen) atoms. The van der Waals surface area contributed by atoms with E-state index in [4.69, 9.17) is 0 Å². The van der Waals surface area contributed by atoms with Gasteiger partial charge in [-0.15, -0.1) is 0 Å². The maximum absolute atomic E-state index is 12.6. The van der Waals surface area contributed by atoms with E-state index >= 15 is 0 Å². The highest BCUT2D eigenvalue weighted by Crippen LogP contribution is 2.33. The quantitative estimate of drug-likeness (QED) is 0.871. The van der Waals surface area contributed by atoms with Gasteiger partial charge in [0.2, 0.25) is 11.8 Å². The Labute approximate surface area is 134 Å². The number of nitrogens with zero attached hydrogens (tertiary/aromatic N) is 1. The molecule has 2 aliphatic carbocycles. The normalized spacial score (nSPS) is 36.0. The number of hydrogen-bond donors (Lipinski definition) is 1. The van der Waals surface area contributed by atoms with Gasteiger partial charge in [0.15, 0.2) is 0 Å². The van der Waals surface area contributed by atoms with E-state index in [0.29, 0.717) is 24.4 Å². The summed E-state index contributed by atoms with van der Waals surface area (Å²) in [5.41, 5.74) is 0. The van der Waals surface area contributed by atoms with Crippen molar-refractivity contribution in [3.63, 3.8) is 0 Å². The second kappa shape index (κ2) is 6.59. The van der Waals surface area contributed by atoms with Crippen molar-refractivity contribution in [2.75, 3.05) is 13.1 Å². The molecule has 1 N–H and O–H groups in total. The molecule has 3 rings (SSSR count). The van der Waals surface area contributed by atoms with Crippen LogP contribution in [0, 0.1) is 23.7 Å². The number of hydrogen-bond acceptors (Lipinski definition) is 2. The molecular formula is C18H30N2O2. The minimum Gasteiger partial charge on any atom is -0.353 e. The average Bonchev–Trinajstić information content (AvgIpc) is 3.36. The lowest BCUT2D eigenvalue weighted by atomic mass is 9.78. The summed E-state index contributed by atoms with van der Waals surface area (Å²) in [7, 11) is 0.